The second kappa shape index (κ2) is 10.2. The number of imide groups is 1. The minimum atomic E-state index is -1.27. The average molecular weight is 473 g/mol. The van der Waals surface area contributed by atoms with E-state index in [4.69, 9.17) is 9.47 Å². The Morgan fingerprint density at radius 1 is 0.771 bits per heavy atom. The molecule has 0 atom stereocenters. The maximum absolute atomic E-state index is 13.4. The number of nitro groups is 1. The zero-order valence-electron chi connectivity index (χ0n) is 17.9. The molecule has 0 saturated heterocycles. The van der Waals surface area contributed by atoms with E-state index in [0.717, 1.165) is 6.07 Å². The van der Waals surface area contributed by atoms with E-state index in [1.165, 1.54) is 54.6 Å². The second-order valence-electron chi connectivity index (χ2n) is 7.00. The van der Waals surface area contributed by atoms with E-state index >= 15 is 0 Å². The number of benzene rings is 3. The number of carbonyl (C=O) groups excluding carboxylic acids is 2. The van der Waals surface area contributed by atoms with E-state index in [1.54, 1.807) is 36.4 Å². The highest BCUT2D eigenvalue weighted by atomic mass is 19.1. The zero-order chi connectivity index (χ0) is 24.8. The van der Waals surface area contributed by atoms with Gasteiger partial charge in [0.15, 0.2) is 0 Å². The van der Waals surface area contributed by atoms with Gasteiger partial charge in [-0.05, 0) is 54.6 Å². The van der Waals surface area contributed by atoms with Crippen molar-refractivity contribution >= 4 is 23.7 Å². The Morgan fingerprint density at radius 3 is 1.77 bits per heavy atom. The standard InChI is InChI=1S/C25H16FN3O6/c26-18-13-11-17(12-14-18)21-15-16-22(29(32)33)23(27-21)28(24(30)34-19-7-3-1-4-8-19)25(31)35-20-9-5-2-6-10-20/h1-16H. The van der Waals surface area contributed by atoms with Gasteiger partial charge in [-0.3, -0.25) is 10.1 Å². The van der Waals surface area contributed by atoms with Crippen LogP contribution in [-0.4, -0.2) is 22.1 Å². The molecule has 0 unspecified atom stereocenters. The predicted octanol–water partition coefficient (Wildman–Crippen LogP) is 6.00. The molecule has 2 amide bonds. The molecule has 0 bridgehead atoms. The van der Waals surface area contributed by atoms with Crippen molar-refractivity contribution in [2.24, 2.45) is 0 Å². The number of anilines is 1. The number of hydrogen-bond acceptors (Lipinski definition) is 7. The number of hydrogen-bond donors (Lipinski definition) is 0. The number of carbonyl (C=O) groups is 2. The summed E-state index contributed by atoms with van der Waals surface area (Å²) < 4.78 is 23.9. The van der Waals surface area contributed by atoms with Gasteiger partial charge in [-0.15, -0.1) is 0 Å². The van der Waals surface area contributed by atoms with Crippen LogP contribution in [0.15, 0.2) is 97.1 Å². The summed E-state index contributed by atoms with van der Waals surface area (Å²) in [6, 6.07) is 23.2. The van der Waals surface area contributed by atoms with E-state index < -0.39 is 34.4 Å². The Bertz CT molecular complexity index is 1310. The molecule has 1 aromatic heterocycles. The third kappa shape index (κ3) is 5.45. The summed E-state index contributed by atoms with van der Waals surface area (Å²) in [6.07, 6.45) is -2.55. The molecule has 3 aromatic carbocycles. The molecule has 0 spiro atoms. The van der Waals surface area contributed by atoms with Crippen molar-refractivity contribution in [3.05, 3.63) is 113 Å². The van der Waals surface area contributed by atoms with Gasteiger partial charge in [-0.25, -0.2) is 19.0 Å². The minimum Gasteiger partial charge on any atom is -0.410 e. The Morgan fingerprint density at radius 2 is 1.29 bits per heavy atom. The van der Waals surface area contributed by atoms with Gasteiger partial charge in [-0.1, -0.05) is 36.4 Å². The van der Waals surface area contributed by atoms with Crippen LogP contribution in [0.5, 0.6) is 11.5 Å². The summed E-state index contributed by atoms with van der Waals surface area (Å²) in [5.74, 6) is -0.936. The van der Waals surface area contributed by atoms with Gasteiger partial charge < -0.3 is 9.47 Å². The molecule has 0 aliphatic heterocycles. The largest absolute Gasteiger partial charge is 0.430 e. The molecule has 0 fully saturated rings. The fourth-order valence-corrected chi connectivity index (χ4v) is 3.05. The lowest BCUT2D eigenvalue weighted by Crippen LogP contribution is -2.42. The first-order chi connectivity index (χ1) is 16.9. The lowest BCUT2D eigenvalue weighted by Gasteiger charge is -2.19. The Labute approximate surface area is 198 Å². The Hall–Kier alpha value is -5.12. The third-order valence-electron chi connectivity index (χ3n) is 4.66. The molecule has 0 aliphatic carbocycles. The normalized spacial score (nSPS) is 10.3. The Balaban J connectivity index is 1.80. The van der Waals surface area contributed by atoms with Gasteiger partial charge in [0.1, 0.15) is 17.3 Å². The molecule has 35 heavy (non-hydrogen) atoms. The van der Waals surface area contributed by atoms with Gasteiger partial charge in [0.25, 0.3) is 0 Å². The fraction of sp³-hybridized carbons (Fsp3) is 0. The molecule has 0 aliphatic rings. The van der Waals surface area contributed by atoms with Gasteiger partial charge in [0.05, 0.1) is 10.6 Å². The first-order valence-electron chi connectivity index (χ1n) is 10.2. The number of nitrogens with zero attached hydrogens (tertiary/aromatic N) is 3. The lowest BCUT2D eigenvalue weighted by molar-refractivity contribution is -0.384. The number of para-hydroxylation sites is 2. The molecule has 9 nitrogen and oxygen atoms in total. The number of amides is 2. The van der Waals surface area contributed by atoms with Crippen molar-refractivity contribution in [3.63, 3.8) is 0 Å². The van der Waals surface area contributed by atoms with Crippen LogP contribution in [0.4, 0.5) is 25.5 Å². The number of halogens is 1. The minimum absolute atomic E-state index is 0.0901. The van der Waals surface area contributed by atoms with Crippen LogP contribution in [0.2, 0.25) is 0 Å². The summed E-state index contributed by atoms with van der Waals surface area (Å²) >= 11 is 0. The SMILES string of the molecule is O=C(Oc1ccccc1)N(C(=O)Oc1ccccc1)c1nc(-c2ccc(F)cc2)ccc1[N+](=O)[O-]. The number of ether oxygens (including phenoxy) is 2. The zero-order valence-corrected chi connectivity index (χ0v) is 17.9. The summed E-state index contributed by atoms with van der Waals surface area (Å²) in [6.45, 7) is 0. The van der Waals surface area contributed by atoms with Crippen molar-refractivity contribution in [1.29, 1.82) is 0 Å². The van der Waals surface area contributed by atoms with Crippen molar-refractivity contribution in [3.8, 4) is 22.8 Å². The first-order valence-corrected chi connectivity index (χ1v) is 10.2. The molecular weight excluding hydrogens is 457 g/mol. The van der Waals surface area contributed by atoms with Crippen LogP contribution < -0.4 is 14.4 Å². The summed E-state index contributed by atoms with van der Waals surface area (Å²) in [5, 5.41) is 11.8. The number of aromatic nitrogens is 1. The van der Waals surface area contributed by atoms with Gasteiger partial charge in [0.2, 0.25) is 5.82 Å². The van der Waals surface area contributed by atoms with Crippen LogP contribution >= 0.6 is 0 Å². The highest BCUT2D eigenvalue weighted by Gasteiger charge is 2.35. The van der Waals surface area contributed by atoms with Crippen LogP contribution in [0.1, 0.15) is 0 Å². The molecule has 1 heterocycles. The predicted molar refractivity (Wildman–Crippen MR) is 124 cm³/mol. The fourth-order valence-electron chi connectivity index (χ4n) is 3.05. The van der Waals surface area contributed by atoms with E-state index in [-0.39, 0.29) is 17.2 Å². The van der Waals surface area contributed by atoms with Gasteiger partial charge in [0, 0.05) is 11.6 Å². The molecule has 0 radical (unpaired) electrons. The topological polar surface area (TPSA) is 112 Å². The van der Waals surface area contributed by atoms with Crippen LogP contribution in [0.3, 0.4) is 0 Å². The number of rotatable bonds is 5. The Kier molecular flexibility index (Phi) is 6.73. The van der Waals surface area contributed by atoms with E-state index in [2.05, 4.69) is 4.98 Å². The lowest BCUT2D eigenvalue weighted by atomic mass is 10.1. The maximum Gasteiger partial charge on any atom is 0.430 e. The quantitative estimate of drug-likeness (QED) is 0.258. The van der Waals surface area contributed by atoms with Gasteiger partial charge >= 0.3 is 17.9 Å². The van der Waals surface area contributed by atoms with Crippen LogP contribution in [-0.2, 0) is 0 Å². The average Bonchev–Trinajstić information content (AvgIpc) is 2.85. The monoisotopic (exact) mass is 473 g/mol. The van der Waals surface area contributed by atoms with E-state index in [0.29, 0.717) is 10.5 Å². The molecule has 10 heteroatoms. The van der Waals surface area contributed by atoms with Crippen molar-refractivity contribution in [2.75, 3.05) is 4.90 Å². The van der Waals surface area contributed by atoms with Crippen molar-refractivity contribution in [1.82, 2.24) is 4.98 Å². The van der Waals surface area contributed by atoms with Crippen LogP contribution in [0, 0.1) is 15.9 Å². The van der Waals surface area contributed by atoms with Gasteiger partial charge in [-0.2, -0.15) is 4.90 Å². The second-order valence-corrected chi connectivity index (χ2v) is 7.00. The molecule has 174 valence electrons. The van der Waals surface area contributed by atoms with Crippen LogP contribution in [0.25, 0.3) is 11.3 Å². The molecule has 4 aromatic rings. The maximum atomic E-state index is 13.4. The van der Waals surface area contributed by atoms with Crippen molar-refractivity contribution < 1.29 is 28.4 Å². The smallest absolute Gasteiger partial charge is 0.410 e. The summed E-state index contributed by atoms with van der Waals surface area (Å²) in [4.78, 5) is 41.7. The van der Waals surface area contributed by atoms with E-state index in [9.17, 15) is 24.1 Å². The summed E-state index contributed by atoms with van der Waals surface area (Å²) in [5.41, 5.74) is -0.100. The highest BCUT2D eigenvalue weighted by Crippen LogP contribution is 2.31. The molecule has 4 rings (SSSR count). The van der Waals surface area contributed by atoms with E-state index in [1.807, 2.05) is 0 Å². The third-order valence-corrected chi connectivity index (χ3v) is 4.66. The first kappa shape index (κ1) is 23.1. The highest BCUT2D eigenvalue weighted by molar-refractivity contribution is 6.11. The summed E-state index contributed by atoms with van der Waals surface area (Å²) in [7, 11) is 0. The molecule has 0 saturated carbocycles. The molecule has 0 N–H and O–H groups in total. The molecular formula is C25H16FN3O6. The number of pyridine rings is 1. The van der Waals surface area contributed by atoms with Crippen molar-refractivity contribution in [2.45, 2.75) is 0 Å².